The van der Waals surface area contributed by atoms with Crippen molar-refractivity contribution in [1.82, 2.24) is 40.9 Å². The molecule has 1 heterocycles. The van der Waals surface area contributed by atoms with Crippen molar-refractivity contribution in [3.63, 3.8) is 0 Å². The van der Waals surface area contributed by atoms with Gasteiger partial charge < -0.3 is 107 Å². The molecule has 1 aromatic carbocycles. The zero-order valence-electron chi connectivity index (χ0n) is 84.8. The molecule has 0 saturated carbocycles. The Balaban J connectivity index is 3.59. The van der Waals surface area contributed by atoms with E-state index in [0.717, 1.165) is 96.9 Å². The van der Waals surface area contributed by atoms with Gasteiger partial charge in [0.1, 0.15) is 42.6 Å². The molecule has 1 aliphatic rings. The second-order valence-corrected chi connectivity index (χ2v) is 36.6. The molecule has 0 aromatic heterocycles. The summed E-state index contributed by atoms with van der Waals surface area (Å²) in [5.41, 5.74) is -4.88. The molecule has 2 rings (SSSR count). The average molecular weight is 2010 g/mol. The van der Waals surface area contributed by atoms with Gasteiger partial charge in [0.05, 0.1) is 19.1 Å². The predicted octanol–water partition coefficient (Wildman–Crippen LogP) is 1.72. The maximum Gasteiger partial charge on any atom is 0.324 e. The highest BCUT2D eigenvalue weighted by atomic mass is 16.7. The number of benzene rings is 1. The fraction of sp³-hybridized carbons (Fsp3) is 0.699. The van der Waals surface area contributed by atoms with Gasteiger partial charge in [-0.3, -0.25) is 125 Å². The fourth-order valence-electron chi connectivity index (χ4n) is 15.2. The Morgan fingerprint density at radius 2 is 0.738 bits per heavy atom. The number of carboxylic acid groups (broad SMARTS) is 1. The minimum absolute atomic E-state index is 0.00144. The number of amides is 4. The number of ether oxygens (including phenoxy) is 17. The van der Waals surface area contributed by atoms with Gasteiger partial charge in [-0.2, -0.15) is 0 Å². The first-order valence-electron chi connectivity index (χ1n) is 45.7. The minimum atomic E-state index is -2.62. The van der Waals surface area contributed by atoms with Gasteiger partial charge in [-0.05, 0) is 90.8 Å². The Morgan fingerprint density at radius 1 is 0.397 bits per heavy atom. The number of aliphatic carboxylic acids is 1. The molecule has 1 aromatic rings. The van der Waals surface area contributed by atoms with E-state index in [1.54, 1.807) is 52.5 Å². The van der Waals surface area contributed by atoms with E-state index in [-0.39, 0.29) is 109 Å². The second-order valence-electron chi connectivity index (χ2n) is 36.6. The van der Waals surface area contributed by atoms with Crippen LogP contribution in [0.5, 0.6) is 0 Å². The van der Waals surface area contributed by atoms with E-state index in [1.165, 1.54) is 25.1 Å². The predicted molar refractivity (Wildman–Crippen MR) is 487 cm³/mol. The van der Waals surface area contributed by atoms with Gasteiger partial charge in [-0.25, -0.2) is 0 Å². The van der Waals surface area contributed by atoms with Crippen LogP contribution in [0.2, 0.25) is 0 Å². The number of nitrogens with one attached hydrogen (secondary N) is 4. The lowest BCUT2D eigenvalue weighted by atomic mass is 9.83. The Kier molecular flexibility index (Phi) is 53.4. The van der Waals surface area contributed by atoms with Gasteiger partial charge in [0.2, 0.25) is 18.1 Å². The van der Waals surface area contributed by atoms with Crippen LogP contribution in [0.1, 0.15) is 214 Å². The second kappa shape index (κ2) is 60.5. The van der Waals surface area contributed by atoms with Crippen molar-refractivity contribution in [3.8, 4) is 0 Å². The molecule has 48 nitrogen and oxygen atoms in total. The van der Waals surface area contributed by atoms with Crippen LogP contribution in [-0.2, 0) is 188 Å². The Hall–Kier alpha value is -12.6. The lowest BCUT2D eigenvalue weighted by Gasteiger charge is -2.44. The number of nitrogens with zero attached hydrogens (tertiary/aromatic N) is 4. The lowest BCUT2D eigenvalue weighted by Crippen LogP contribution is -2.62. The first-order valence-corrected chi connectivity index (χ1v) is 45.7. The highest BCUT2D eigenvalue weighted by Gasteiger charge is 2.52. The van der Waals surface area contributed by atoms with Crippen LogP contribution in [0, 0.1) is 16.7 Å². The molecule has 5 N–H and O–H groups in total. The van der Waals surface area contributed by atoms with E-state index in [0.29, 0.717) is 18.5 Å². The number of hydrogen-bond donors (Lipinski definition) is 5. The molecule has 0 radical (unpaired) electrons. The van der Waals surface area contributed by atoms with Crippen LogP contribution in [0.25, 0.3) is 0 Å². The molecule has 4 amide bonds. The molecule has 0 bridgehead atoms. The van der Waals surface area contributed by atoms with Crippen LogP contribution >= 0.6 is 0 Å². The van der Waals surface area contributed by atoms with E-state index >= 15 is 19.2 Å². The monoisotopic (exact) mass is 2010 g/mol. The van der Waals surface area contributed by atoms with Crippen molar-refractivity contribution in [1.29, 1.82) is 0 Å². The zero-order valence-corrected chi connectivity index (χ0v) is 84.8. The molecule has 1 saturated heterocycles. The van der Waals surface area contributed by atoms with E-state index < -0.39 is 272 Å². The van der Waals surface area contributed by atoms with Crippen molar-refractivity contribution in [2.45, 2.75) is 301 Å². The summed E-state index contributed by atoms with van der Waals surface area (Å²) in [7, 11) is 0. The van der Waals surface area contributed by atoms with Gasteiger partial charge in [0, 0.05) is 205 Å². The lowest BCUT2D eigenvalue weighted by molar-refractivity contribution is -0.203. The topological polar surface area (TPSA) is 614 Å². The molecule has 16 atom stereocenters. The largest absolute Gasteiger partial charge is 0.481 e. The third kappa shape index (κ3) is 48.0. The van der Waals surface area contributed by atoms with Gasteiger partial charge in [0.25, 0.3) is 30.7 Å². The highest BCUT2D eigenvalue weighted by molar-refractivity contribution is 5.94. The maximum absolute atomic E-state index is 15.7. The summed E-state index contributed by atoms with van der Waals surface area (Å²) >= 11 is 0. The van der Waals surface area contributed by atoms with Gasteiger partial charge >= 0.3 is 95.5 Å². The number of carbonyl (C=O) groups is 22. The van der Waals surface area contributed by atoms with Gasteiger partial charge in [-0.15, -0.1) is 0 Å². The zero-order chi connectivity index (χ0) is 107. The summed E-state index contributed by atoms with van der Waals surface area (Å²) in [4.78, 5) is 305. The Labute approximate surface area is 819 Å². The third-order valence-corrected chi connectivity index (χ3v) is 21.1. The van der Waals surface area contributed by atoms with E-state index in [9.17, 15) is 91.4 Å². The van der Waals surface area contributed by atoms with Crippen LogP contribution in [0.4, 0.5) is 0 Å². The van der Waals surface area contributed by atoms with Crippen molar-refractivity contribution < 1.29 is 191 Å². The number of carboxylic acids is 1. The summed E-state index contributed by atoms with van der Waals surface area (Å²) in [6.45, 7) is 24.3. The summed E-state index contributed by atoms with van der Waals surface area (Å²) in [5, 5.41) is 20.5. The number of rotatable bonds is 55. The van der Waals surface area contributed by atoms with E-state index in [2.05, 4.69) is 26.2 Å². The smallest absolute Gasteiger partial charge is 0.324 e. The number of esters is 15. The molecular weight excluding hydrogens is 1870 g/mol. The van der Waals surface area contributed by atoms with Crippen LogP contribution in [0.3, 0.4) is 0 Å². The maximum atomic E-state index is 15.7. The summed E-state index contributed by atoms with van der Waals surface area (Å²) in [6.07, 6.45) is -24.6. The minimum Gasteiger partial charge on any atom is -0.481 e. The van der Waals surface area contributed by atoms with E-state index in [4.69, 9.17) is 80.5 Å². The Bertz CT molecular complexity index is 4430. The first kappa shape index (κ1) is 124. The standard InChI is InChI=1S/C93H142N8O40/c1-25-71(129-56(5)106)77(133-60(9)110)80(136-63(12)113)82(138-65(14)115)86(121)96-49-93(47-94-84(119)53(2)76(132-59(8)109)78(134-61(10)111)72(130-57(6)107)45-127-54(3)104,50-97-87(122)83(139-66(15)116)81(137-64(13)114)79(135-62(11)112)73(131-58(7)108)46-128-55(4)105)48-95-85(120)68-28-26-27-67(43-68)44-98-33-35-99(69(29-30-75(117)118)88(123)140-91(19,20)21)37-38-100(70(31-41-125-51-102)89(124)141-92(22,23)24)39-40-101(36-34-98)74(90(16,17)18)32-42-126-52-103/h26-28,43,51-53,69-74,76-83H,25,29-42,44-50H2,1-24H3,(H,94,119)(H,95,120)(H,96,121)(H,97,122)(H,117,118). The third-order valence-electron chi connectivity index (χ3n) is 21.1. The molecule has 48 heteroatoms. The first-order chi connectivity index (χ1) is 65.6. The summed E-state index contributed by atoms with van der Waals surface area (Å²) < 4.78 is 93.8. The quantitative estimate of drug-likeness (QED) is 0.0268. The average Bonchev–Trinajstić information content (AvgIpc) is 0.799. The van der Waals surface area contributed by atoms with Crippen molar-refractivity contribution >= 4 is 132 Å². The van der Waals surface area contributed by atoms with Crippen molar-refractivity contribution in [2.75, 3.05) is 105 Å². The molecule has 794 valence electrons. The van der Waals surface area contributed by atoms with Crippen LogP contribution in [0.15, 0.2) is 24.3 Å². The SMILES string of the molecule is CCC(OC(C)=O)C(OC(C)=O)C(OC(C)=O)C(OC(C)=O)C(=O)NCC(CNC(=O)c1cccc(CN2CCN(C(CCC(=O)O)C(=O)OC(C)(C)C)CCN(C(CCOC=O)C(=O)OC(C)(C)C)CCN(C(CCOC=O)C(C)(C)C)CC2)c1)(CNC(=O)C(C)C(OC(C)=O)C(OC(C)=O)C(COC(C)=O)OC(C)=O)CNC(=O)C(OC(C)=O)C(OC(C)=O)C(OC(C)=O)C(COC(C)=O)OC(C)=O. The van der Waals surface area contributed by atoms with Crippen molar-refractivity contribution in [3.05, 3.63) is 35.4 Å². The summed E-state index contributed by atoms with van der Waals surface area (Å²) in [5.74, 6) is -25.1. The summed E-state index contributed by atoms with van der Waals surface area (Å²) in [6, 6.07) is 3.22. The normalized spacial score (nSPS) is 16.7. The Morgan fingerprint density at radius 3 is 1.11 bits per heavy atom. The molecular formula is C93H142N8O40. The molecule has 0 aliphatic carbocycles. The number of hydrogen-bond acceptors (Lipinski definition) is 43. The molecule has 1 aliphatic heterocycles. The van der Waals surface area contributed by atoms with Gasteiger partial charge in [0.15, 0.2) is 48.8 Å². The molecule has 141 heavy (non-hydrogen) atoms. The van der Waals surface area contributed by atoms with Crippen LogP contribution < -0.4 is 21.3 Å². The van der Waals surface area contributed by atoms with E-state index in [1.807, 2.05) is 30.6 Å². The molecule has 0 spiro atoms. The number of carbonyl (C=O) groups excluding carboxylic acids is 21. The fourth-order valence-corrected chi connectivity index (χ4v) is 15.2. The van der Waals surface area contributed by atoms with Crippen LogP contribution in [-0.4, -0.2) is 358 Å². The molecule has 16 unspecified atom stereocenters. The molecule has 1 fully saturated rings. The highest BCUT2D eigenvalue weighted by Crippen LogP contribution is 2.32. The van der Waals surface area contributed by atoms with Crippen molar-refractivity contribution in [2.24, 2.45) is 16.7 Å². The van der Waals surface area contributed by atoms with Gasteiger partial charge in [-0.1, -0.05) is 39.8 Å².